The lowest BCUT2D eigenvalue weighted by Crippen LogP contribution is -2.41. The maximum Gasteiger partial charge on any atom is 0.191 e. The number of morpholine rings is 1. The molecule has 0 saturated carbocycles. The number of ether oxygens (including phenoxy) is 1. The molecule has 0 amide bonds. The molecule has 2 rings (SSSR count). The monoisotopic (exact) mass is 319 g/mol. The fourth-order valence-corrected chi connectivity index (χ4v) is 2.49. The number of aromatic nitrogens is 1. The van der Waals surface area contributed by atoms with E-state index >= 15 is 0 Å². The van der Waals surface area contributed by atoms with Crippen LogP contribution in [0.4, 0.5) is 5.82 Å². The highest BCUT2D eigenvalue weighted by Gasteiger charge is 2.17. The smallest absolute Gasteiger partial charge is 0.191 e. The molecule has 0 radical (unpaired) electrons. The Morgan fingerprint density at radius 2 is 2.30 bits per heavy atom. The van der Waals surface area contributed by atoms with E-state index in [2.05, 4.69) is 65.3 Å². The zero-order chi connectivity index (χ0) is 16.7. The Morgan fingerprint density at radius 1 is 1.48 bits per heavy atom. The van der Waals surface area contributed by atoms with Gasteiger partial charge in [0.15, 0.2) is 5.96 Å². The van der Waals surface area contributed by atoms with Crippen molar-refractivity contribution in [1.29, 1.82) is 0 Å². The molecule has 1 unspecified atom stereocenters. The van der Waals surface area contributed by atoms with Crippen molar-refractivity contribution in [3.8, 4) is 0 Å². The average molecular weight is 319 g/mol. The van der Waals surface area contributed by atoms with Gasteiger partial charge in [0.2, 0.25) is 0 Å². The van der Waals surface area contributed by atoms with Crippen LogP contribution in [0.1, 0.15) is 33.3 Å². The van der Waals surface area contributed by atoms with Gasteiger partial charge in [-0.05, 0) is 39.3 Å². The Balaban J connectivity index is 1.96. The van der Waals surface area contributed by atoms with Gasteiger partial charge < -0.3 is 20.3 Å². The van der Waals surface area contributed by atoms with E-state index in [1.165, 1.54) is 0 Å². The quantitative estimate of drug-likeness (QED) is 0.640. The first-order valence-corrected chi connectivity index (χ1v) is 8.44. The first-order chi connectivity index (χ1) is 11.1. The van der Waals surface area contributed by atoms with E-state index in [0.717, 1.165) is 43.6 Å². The number of anilines is 1. The van der Waals surface area contributed by atoms with Crippen LogP contribution in [0.25, 0.3) is 0 Å². The summed E-state index contributed by atoms with van der Waals surface area (Å²) in [5.74, 6) is 1.86. The minimum Gasteiger partial charge on any atom is -0.375 e. The first kappa shape index (κ1) is 17.5. The van der Waals surface area contributed by atoms with Crippen LogP contribution in [-0.2, 0) is 11.3 Å². The molecule has 1 aliphatic heterocycles. The Hall–Kier alpha value is -1.82. The number of pyridine rings is 1. The number of hydrogen-bond donors (Lipinski definition) is 2. The third-order valence-electron chi connectivity index (χ3n) is 3.56. The standard InChI is InChI=1S/C17H29N5O/c1-5-18-17(21-13(2)3)20-11-15-6-7-16(19-10-15)22-8-9-23-14(4)12-22/h6-7,10,13-14H,5,8-9,11-12H2,1-4H3,(H2,18,20,21). The van der Waals surface area contributed by atoms with E-state index in [4.69, 9.17) is 4.74 Å². The number of rotatable bonds is 5. The topological polar surface area (TPSA) is 61.8 Å². The fraction of sp³-hybridized carbons (Fsp3) is 0.647. The van der Waals surface area contributed by atoms with Crippen LogP contribution in [0.5, 0.6) is 0 Å². The zero-order valence-electron chi connectivity index (χ0n) is 14.7. The maximum atomic E-state index is 5.57. The molecule has 1 saturated heterocycles. The van der Waals surface area contributed by atoms with Gasteiger partial charge in [-0.15, -0.1) is 0 Å². The molecule has 0 aromatic carbocycles. The van der Waals surface area contributed by atoms with Gasteiger partial charge in [-0.2, -0.15) is 0 Å². The van der Waals surface area contributed by atoms with Gasteiger partial charge in [0.1, 0.15) is 5.82 Å². The zero-order valence-corrected chi connectivity index (χ0v) is 14.7. The lowest BCUT2D eigenvalue weighted by molar-refractivity contribution is 0.0529. The van der Waals surface area contributed by atoms with Crippen LogP contribution < -0.4 is 15.5 Å². The molecule has 1 aromatic heterocycles. The lowest BCUT2D eigenvalue weighted by atomic mass is 10.2. The van der Waals surface area contributed by atoms with Crippen molar-refractivity contribution in [2.24, 2.45) is 4.99 Å². The van der Waals surface area contributed by atoms with E-state index in [9.17, 15) is 0 Å². The van der Waals surface area contributed by atoms with Crippen molar-refractivity contribution in [3.05, 3.63) is 23.9 Å². The molecule has 2 N–H and O–H groups in total. The third-order valence-corrected chi connectivity index (χ3v) is 3.56. The summed E-state index contributed by atoms with van der Waals surface area (Å²) in [7, 11) is 0. The molecule has 6 heteroatoms. The normalized spacial score (nSPS) is 19.1. The van der Waals surface area contributed by atoms with Crippen LogP contribution in [-0.4, -0.2) is 49.3 Å². The Morgan fingerprint density at radius 3 is 2.91 bits per heavy atom. The highest BCUT2D eigenvalue weighted by Crippen LogP contribution is 2.15. The molecular formula is C17H29N5O. The van der Waals surface area contributed by atoms with E-state index in [1.807, 2.05) is 6.20 Å². The second-order valence-corrected chi connectivity index (χ2v) is 6.15. The Kier molecular flexibility index (Phi) is 6.65. The largest absolute Gasteiger partial charge is 0.375 e. The van der Waals surface area contributed by atoms with Crippen LogP contribution in [0, 0.1) is 0 Å². The average Bonchev–Trinajstić information content (AvgIpc) is 2.53. The molecular weight excluding hydrogens is 290 g/mol. The fourth-order valence-electron chi connectivity index (χ4n) is 2.49. The number of hydrogen-bond acceptors (Lipinski definition) is 4. The maximum absolute atomic E-state index is 5.57. The van der Waals surface area contributed by atoms with E-state index in [0.29, 0.717) is 12.6 Å². The first-order valence-electron chi connectivity index (χ1n) is 8.44. The second kappa shape index (κ2) is 8.72. The van der Waals surface area contributed by atoms with Gasteiger partial charge in [-0.1, -0.05) is 6.07 Å². The van der Waals surface area contributed by atoms with E-state index in [-0.39, 0.29) is 6.10 Å². The van der Waals surface area contributed by atoms with Crippen LogP contribution in [0.2, 0.25) is 0 Å². The SMILES string of the molecule is CCNC(=NCc1ccc(N2CCOC(C)C2)nc1)NC(C)C. The molecule has 2 heterocycles. The Labute approximate surface area is 139 Å². The number of nitrogens with zero attached hydrogens (tertiary/aromatic N) is 3. The summed E-state index contributed by atoms with van der Waals surface area (Å²) in [6.07, 6.45) is 2.18. The van der Waals surface area contributed by atoms with Gasteiger partial charge in [0.25, 0.3) is 0 Å². The second-order valence-electron chi connectivity index (χ2n) is 6.15. The van der Waals surface area contributed by atoms with Gasteiger partial charge in [-0.3, -0.25) is 0 Å². The van der Waals surface area contributed by atoms with E-state index < -0.39 is 0 Å². The highest BCUT2D eigenvalue weighted by molar-refractivity contribution is 5.79. The van der Waals surface area contributed by atoms with Crippen LogP contribution in [0.3, 0.4) is 0 Å². The lowest BCUT2D eigenvalue weighted by Gasteiger charge is -2.32. The molecule has 1 aromatic rings. The number of guanidine groups is 1. The third kappa shape index (κ3) is 5.71. The van der Waals surface area contributed by atoms with Crippen molar-refractivity contribution in [3.63, 3.8) is 0 Å². The van der Waals surface area contributed by atoms with Gasteiger partial charge in [-0.25, -0.2) is 9.98 Å². The molecule has 128 valence electrons. The molecule has 1 fully saturated rings. The van der Waals surface area contributed by atoms with Crippen molar-refractivity contribution < 1.29 is 4.74 Å². The molecule has 0 spiro atoms. The summed E-state index contributed by atoms with van der Waals surface area (Å²) in [5, 5.41) is 6.56. The summed E-state index contributed by atoms with van der Waals surface area (Å²) >= 11 is 0. The minimum atomic E-state index is 0.264. The van der Waals surface area contributed by atoms with Crippen molar-refractivity contribution >= 4 is 11.8 Å². The summed E-state index contributed by atoms with van der Waals surface area (Å²) in [6.45, 7) is 12.4. The van der Waals surface area contributed by atoms with E-state index in [1.54, 1.807) is 0 Å². The van der Waals surface area contributed by atoms with Crippen molar-refractivity contribution in [1.82, 2.24) is 15.6 Å². The molecule has 6 nitrogen and oxygen atoms in total. The predicted molar refractivity (Wildman–Crippen MR) is 95.0 cm³/mol. The number of nitrogens with one attached hydrogen (secondary N) is 2. The van der Waals surface area contributed by atoms with Gasteiger partial charge >= 0.3 is 0 Å². The summed E-state index contributed by atoms with van der Waals surface area (Å²) < 4.78 is 5.57. The molecule has 0 bridgehead atoms. The minimum absolute atomic E-state index is 0.264. The summed E-state index contributed by atoms with van der Waals surface area (Å²) in [5.41, 5.74) is 1.11. The van der Waals surface area contributed by atoms with Crippen molar-refractivity contribution in [2.75, 3.05) is 31.1 Å². The summed E-state index contributed by atoms with van der Waals surface area (Å²) in [4.78, 5) is 11.5. The number of aliphatic imine (C=N–C) groups is 1. The molecule has 23 heavy (non-hydrogen) atoms. The summed E-state index contributed by atoms with van der Waals surface area (Å²) in [6, 6.07) is 4.54. The van der Waals surface area contributed by atoms with Gasteiger partial charge in [0.05, 0.1) is 19.3 Å². The molecule has 1 atom stereocenters. The molecule has 1 aliphatic rings. The highest BCUT2D eigenvalue weighted by atomic mass is 16.5. The van der Waals surface area contributed by atoms with Crippen LogP contribution >= 0.6 is 0 Å². The van der Waals surface area contributed by atoms with Crippen LogP contribution in [0.15, 0.2) is 23.3 Å². The Bertz CT molecular complexity index is 500. The van der Waals surface area contributed by atoms with Crippen molar-refractivity contribution in [2.45, 2.75) is 46.4 Å². The molecule has 0 aliphatic carbocycles. The predicted octanol–water partition coefficient (Wildman–Crippen LogP) is 1.77. The van der Waals surface area contributed by atoms with Gasteiger partial charge in [0, 0.05) is 31.9 Å².